The Morgan fingerprint density at radius 3 is 2.81 bits per heavy atom. The predicted octanol–water partition coefficient (Wildman–Crippen LogP) is 3.81. The molecule has 0 saturated carbocycles. The third-order valence-corrected chi connectivity index (χ3v) is 3.99. The largest absolute Gasteiger partial charge is 0.367 e. The van der Waals surface area contributed by atoms with Gasteiger partial charge in [0.05, 0.1) is 5.69 Å². The fourth-order valence-electron chi connectivity index (χ4n) is 2.50. The molecule has 1 aromatic heterocycles. The first-order valence-electron chi connectivity index (χ1n) is 6.70. The van der Waals surface area contributed by atoms with E-state index < -0.39 is 11.6 Å². The molecule has 1 unspecified atom stereocenters. The first-order valence-corrected chi connectivity index (χ1v) is 7.49. The van der Waals surface area contributed by atoms with Crippen LogP contribution in [0.2, 0.25) is 0 Å². The molecule has 1 aromatic carbocycles. The van der Waals surface area contributed by atoms with E-state index in [1.807, 2.05) is 17.0 Å². The van der Waals surface area contributed by atoms with Crippen molar-refractivity contribution in [3.63, 3.8) is 0 Å². The molecular formula is C15H14BrF2N3. The molecule has 1 fully saturated rings. The lowest BCUT2D eigenvalue weighted by Crippen LogP contribution is -2.26. The molecule has 2 heterocycles. The maximum atomic E-state index is 13.8. The topological polar surface area (TPSA) is 28.2 Å². The molecule has 0 bridgehead atoms. The van der Waals surface area contributed by atoms with Crippen molar-refractivity contribution < 1.29 is 8.78 Å². The van der Waals surface area contributed by atoms with E-state index in [-0.39, 0.29) is 6.04 Å². The van der Waals surface area contributed by atoms with Crippen molar-refractivity contribution in [3.05, 3.63) is 52.6 Å². The maximum Gasteiger partial charge on any atom is 0.149 e. The Labute approximate surface area is 130 Å². The van der Waals surface area contributed by atoms with Gasteiger partial charge in [0.2, 0.25) is 0 Å². The number of anilines is 2. The fraction of sp³-hybridized carbons (Fsp3) is 0.267. The summed E-state index contributed by atoms with van der Waals surface area (Å²) in [6.45, 7) is 1.40. The van der Waals surface area contributed by atoms with E-state index in [1.165, 1.54) is 12.1 Å². The summed E-state index contributed by atoms with van der Waals surface area (Å²) in [5, 5.41) is 3.33. The van der Waals surface area contributed by atoms with Crippen LogP contribution in [0.4, 0.5) is 20.3 Å². The number of nitrogens with zero attached hydrogens (tertiary/aromatic N) is 2. The van der Waals surface area contributed by atoms with Gasteiger partial charge in [-0.05, 0) is 46.6 Å². The summed E-state index contributed by atoms with van der Waals surface area (Å²) in [5.41, 5.74) is 0.449. The Hall–Kier alpha value is -1.69. The van der Waals surface area contributed by atoms with Crippen LogP contribution in [0.1, 0.15) is 6.42 Å². The number of benzene rings is 1. The van der Waals surface area contributed by atoms with Crippen molar-refractivity contribution in [2.24, 2.45) is 0 Å². The molecule has 0 spiro atoms. The van der Waals surface area contributed by atoms with Crippen LogP contribution in [0, 0.1) is 11.6 Å². The van der Waals surface area contributed by atoms with Crippen LogP contribution in [0.15, 0.2) is 41.0 Å². The first-order chi connectivity index (χ1) is 10.1. The van der Waals surface area contributed by atoms with E-state index in [9.17, 15) is 8.78 Å². The van der Waals surface area contributed by atoms with Crippen LogP contribution in [-0.4, -0.2) is 24.1 Å². The van der Waals surface area contributed by atoms with Crippen LogP contribution in [0.25, 0.3) is 0 Å². The summed E-state index contributed by atoms with van der Waals surface area (Å²) in [7, 11) is 0. The second kappa shape index (κ2) is 5.97. The van der Waals surface area contributed by atoms with Gasteiger partial charge in [-0.15, -0.1) is 0 Å². The number of nitrogens with one attached hydrogen (secondary N) is 1. The van der Waals surface area contributed by atoms with Crippen LogP contribution in [0.5, 0.6) is 0 Å². The molecule has 1 aliphatic heterocycles. The summed E-state index contributed by atoms with van der Waals surface area (Å²) in [6.07, 6.45) is 2.61. The number of halogens is 3. The Bertz CT molecular complexity index is 633. The van der Waals surface area contributed by atoms with Gasteiger partial charge in [-0.25, -0.2) is 13.8 Å². The summed E-state index contributed by atoms with van der Waals surface area (Å²) in [5.74, 6) is -0.272. The van der Waals surface area contributed by atoms with Gasteiger partial charge in [0.25, 0.3) is 0 Å². The van der Waals surface area contributed by atoms with E-state index in [4.69, 9.17) is 0 Å². The van der Waals surface area contributed by atoms with Crippen molar-refractivity contribution in [2.75, 3.05) is 23.3 Å². The molecule has 0 amide bonds. The zero-order chi connectivity index (χ0) is 14.8. The Balaban J connectivity index is 1.66. The minimum absolute atomic E-state index is 0.197. The highest BCUT2D eigenvalue weighted by Crippen LogP contribution is 2.25. The van der Waals surface area contributed by atoms with Gasteiger partial charge >= 0.3 is 0 Å². The van der Waals surface area contributed by atoms with Crippen LogP contribution < -0.4 is 10.2 Å². The van der Waals surface area contributed by atoms with E-state index in [0.717, 1.165) is 29.3 Å². The average Bonchev–Trinajstić information content (AvgIpc) is 2.90. The SMILES string of the molecule is Fc1ccc(N2CCC(Nc3ccc(Br)cn3)C2)c(F)c1. The number of pyridine rings is 1. The van der Waals surface area contributed by atoms with Crippen LogP contribution in [0.3, 0.4) is 0 Å². The zero-order valence-electron chi connectivity index (χ0n) is 11.2. The molecule has 1 atom stereocenters. The van der Waals surface area contributed by atoms with Gasteiger partial charge in [0.1, 0.15) is 17.5 Å². The van der Waals surface area contributed by atoms with Crippen molar-refractivity contribution in [2.45, 2.75) is 12.5 Å². The Morgan fingerprint density at radius 2 is 2.10 bits per heavy atom. The highest BCUT2D eigenvalue weighted by Gasteiger charge is 2.24. The van der Waals surface area contributed by atoms with E-state index >= 15 is 0 Å². The second-order valence-electron chi connectivity index (χ2n) is 5.03. The lowest BCUT2D eigenvalue weighted by molar-refractivity contribution is 0.581. The highest BCUT2D eigenvalue weighted by atomic mass is 79.9. The molecule has 110 valence electrons. The molecule has 3 rings (SSSR count). The molecule has 2 aromatic rings. The molecule has 1 saturated heterocycles. The second-order valence-corrected chi connectivity index (χ2v) is 5.95. The molecular weight excluding hydrogens is 340 g/mol. The fourth-order valence-corrected chi connectivity index (χ4v) is 2.74. The highest BCUT2D eigenvalue weighted by molar-refractivity contribution is 9.10. The quantitative estimate of drug-likeness (QED) is 0.909. The van der Waals surface area contributed by atoms with E-state index in [0.29, 0.717) is 12.2 Å². The van der Waals surface area contributed by atoms with Crippen molar-refractivity contribution in [1.29, 1.82) is 0 Å². The molecule has 0 aliphatic carbocycles. The average molecular weight is 354 g/mol. The van der Waals surface area contributed by atoms with Gasteiger partial charge in [-0.2, -0.15) is 0 Å². The Morgan fingerprint density at radius 1 is 1.24 bits per heavy atom. The number of aromatic nitrogens is 1. The predicted molar refractivity (Wildman–Crippen MR) is 82.5 cm³/mol. The molecule has 21 heavy (non-hydrogen) atoms. The number of hydrogen-bond donors (Lipinski definition) is 1. The maximum absolute atomic E-state index is 13.8. The van der Waals surface area contributed by atoms with Gasteiger partial charge < -0.3 is 10.2 Å². The molecule has 1 N–H and O–H groups in total. The summed E-state index contributed by atoms with van der Waals surface area (Å²) >= 11 is 3.34. The lowest BCUT2D eigenvalue weighted by Gasteiger charge is -2.20. The molecule has 0 radical (unpaired) electrons. The third-order valence-electron chi connectivity index (χ3n) is 3.52. The van der Waals surface area contributed by atoms with E-state index in [2.05, 4.69) is 26.2 Å². The third kappa shape index (κ3) is 3.32. The van der Waals surface area contributed by atoms with Crippen LogP contribution >= 0.6 is 15.9 Å². The number of hydrogen-bond acceptors (Lipinski definition) is 3. The summed E-state index contributed by atoms with van der Waals surface area (Å²) in [4.78, 5) is 6.19. The van der Waals surface area contributed by atoms with Gasteiger partial charge in [0.15, 0.2) is 0 Å². The Kier molecular flexibility index (Phi) is 4.05. The van der Waals surface area contributed by atoms with Crippen molar-refractivity contribution in [3.8, 4) is 0 Å². The minimum atomic E-state index is -0.552. The van der Waals surface area contributed by atoms with E-state index in [1.54, 1.807) is 6.20 Å². The first kappa shape index (κ1) is 14.3. The van der Waals surface area contributed by atoms with Gasteiger partial charge in [-0.3, -0.25) is 0 Å². The lowest BCUT2D eigenvalue weighted by atomic mass is 10.2. The van der Waals surface area contributed by atoms with Gasteiger partial charge in [0, 0.05) is 35.9 Å². The van der Waals surface area contributed by atoms with Crippen LogP contribution in [-0.2, 0) is 0 Å². The summed E-state index contributed by atoms with van der Waals surface area (Å²) < 4.78 is 27.7. The normalized spacial score (nSPS) is 18.0. The van der Waals surface area contributed by atoms with Crippen molar-refractivity contribution in [1.82, 2.24) is 4.98 Å². The minimum Gasteiger partial charge on any atom is -0.367 e. The monoisotopic (exact) mass is 353 g/mol. The smallest absolute Gasteiger partial charge is 0.149 e. The zero-order valence-corrected chi connectivity index (χ0v) is 12.8. The molecule has 6 heteroatoms. The molecule has 3 nitrogen and oxygen atoms in total. The van der Waals surface area contributed by atoms with Gasteiger partial charge in [-0.1, -0.05) is 0 Å². The molecule has 1 aliphatic rings. The standard InChI is InChI=1S/C15H14BrF2N3/c16-10-1-4-15(19-8-10)20-12-5-6-21(9-12)14-3-2-11(17)7-13(14)18/h1-4,7-8,12H,5-6,9H2,(H,19,20). The van der Waals surface area contributed by atoms with Crippen molar-refractivity contribution >= 4 is 27.4 Å². The number of rotatable bonds is 3. The summed E-state index contributed by atoms with van der Waals surface area (Å²) in [6, 6.07) is 7.71.